The van der Waals surface area contributed by atoms with Crippen molar-refractivity contribution in [2.75, 3.05) is 10.2 Å². The highest BCUT2D eigenvalue weighted by molar-refractivity contribution is 5.92. The molecule has 0 fully saturated rings. The fourth-order valence-corrected chi connectivity index (χ4v) is 10.9. The number of hydrogen-bond donors (Lipinski definition) is 1. The topological polar surface area (TPSA) is 15.3 Å². The third kappa shape index (κ3) is 5.37. The summed E-state index contributed by atoms with van der Waals surface area (Å²) in [5, 5.41) is 6.75. The predicted octanol–water partition coefficient (Wildman–Crippen LogP) is 11.7. The summed E-state index contributed by atoms with van der Waals surface area (Å²) < 4.78 is 0. The maximum Gasteiger partial charge on any atom is 0.107 e. The first-order valence-electron chi connectivity index (χ1n) is 21.0. The molecule has 6 atom stereocenters. The molecule has 2 heteroatoms. The molecule has 0 bridgehead atoms. The second-order valence-corrected chi connectivity index (χ2v) is 16.5. The van der Waals surface area contributed by atoms with Crippen molar-refractivity contribution in [2.45, 2.75) is 51.1 Å². The molecule has 4 aromatic rings. The van der Waals surface area contributed by atoms with Gasteiger partial charge in [-0.15, -0.1) is 0 Å². The van der Waals surface area contributed by atoms with Crippen LogP contribution in [0.4, 0.5) is 17.1 Å². The van der Waals surface area contributed by atoms with Gasteiger partial charge >= 0.3 is 0 Å². The van der Waals surface area contributed by atoms with Crippen molar-refractivity contribution in [2.24, 2.45) is 23.7 Å². The van der Waals surface area contributed by atoms with Gasteiger partial charge in [0.2, 0.25) is 0 Å². The Bertz CT molecular complexity index is 2640. The number of hydrogen-bond acceptors (Lipinski definition) is 2. The maximum absolute atomic E-state index is 3.94. The van der Waals surface area contributed by atoms with Gasteiger partial charge in [0.15, 0.2) is 0 Å². The number of allylic oxidation sites excluding steroid dienone is 15. The Kier molecular flexibility index (Phi) is 8.20. The van der Waals surface area contributed by atoms with Crippen LogP contribution in [0.15, 0.2) is 175 Å². The Labute approximate surface area is 331 Å². The lowest BCUT2D eigenvalue weighted by molar-refractivity contribution is 0.423. The molecule has 0 aromatic heterocycles. The number of nitrogens with one attached hydrogen (secondary N) is 1. The van der Waals surface area contributed by atoms with Gasteiger partial charge in [0, 0.05) is 35.3 Å². The number of rotatable bonds is 6. The van der Waals surface area contributed by atoms with E-state index in [0.29, 0.717) is 29.6 Å². The van der Waals surface area contributed by atoms with Gasteiger partial charge in [0.25, 0.3) is 0 Å². The minimum absolute atomic E-state index is 0.225. The van der Waals surface area contributed by atoms with Crippen LogP contribution in [0.5, 0.6) is 0 Å². The van der Waals surface area contributed by atoms with Gasteiger partial charge < -0.3 is 10.2 Å². The van der Waals surface area contributed by atoms with Crippen LogP contribution in [0.2, 0.25) is 0 Å². The van der Waals surface area contributed by atoms with E-state index in [4.69, 9.17) is 0 Å². The van der Waals surface area contributed by atoms with E-state index < -0.39 is 0 Å². The van der Waals surface area contributed by atoms with Gasteiger partial charge in [0.1, 0.15) is 6.17 Å². The first-order valence-corrected chi connectivity index (χ1v) is 21.0. The first kappa shape index (κ1) is 33.5. The average Bonchev–Trinajstić information content (AvgIpc) is 3.88. The Morgan fingerprint density at radius 2 is 1.61 bits per heavy atom. The standard InChI is InChI=1S/C54H48N2/c1-2-35-30-32-43-41(35)21-13-23-45(43)53-47-20-9-8-19-46(47)52(44-22-12-15-37-14-6-7-18-42(37)44)48-33-31-39(34-49(48)53)36-26-28-38(29-27-36)54-55-50-24-10-11-25-51(50)56(54)40-16-4-3-5-17-40/h3-19,21-26,30-35,37-38,42,47,54-55H,2,20,27-29H2,1H3/t35?,37?,38-,42?,47?,54?/m0/s1. The summed E-state index contributed by atoms with van der Waals surface area (Å²) in [7, 11) is 0. The van der Waals surface area contributed by atoms with Crippen molar-refractivity contribution in [1.82, 2.24) is 0 Å². The molecule has 1 heterocycles. The summed E-state index contributed by atoms with van der Waals surface area (Å²) in [6.45, 7) is 2.32. The normalized spacial score (nSPS) is 26.4. The van der Waals surface area contributed by atoms with Gasteiger partial charge in [-0.3, -0.25) is 0 Å². The third-order valence-corrected chi connectivity index (χ3v) is 13.6. The quantitative estimate of drug-likeness (QED) is 0.213. The van der Waals surface area contributed by atoms with Crippen LogP contribution in [-0.4, -0.2) is 6.17 Å². The fourth-order valence-electron chi connectivity index (χ4n) is 10.9. The van der Waals surface area contributed by atoms with Crippen LogP contribution in [0.25, 0.3) is 22.8 Å². The second-order valence-electron chi connectivity index (χ2n) is 16.5. The van der Waals surface area contributed by atoms with Gasteiger partial charge in [-0.2, -0.15) is 0 Å². The number of para-hydroxylation sites is 3. The monoisotopic (exact) mass is 724 g/mol. The minimum Gasteiger partial charge on any atom is -0.363 e. The summed E-state index contributed by atoms with van der Waals surface area (Å²) in [5.41, 5.74) is 16.8. The van der Waals surface area contributed by atoms with Crippen LogP contribution >= 0.6 is 0 Å². The van der Waals surface area contributed by atoms with Crippen LogP contribution in [0, 0.1) is 23.7 Å². The summed E-state index contributed by atoms with van der Waals surface area (Å²) in [6.07, 6.45) is 36.5. The van der Waals surface area contributed by atoms with Crippen molar-refractivity contribution in [3.05, 3.63) is 208 Å². The molecular formula is C54H48N2. The third-order valence-electron chi connectivity index (χ3n) is 13.6. The summed E-state index contributed by atoms with van der Waals surface area (Å²) in [6, 6.07) is 34.3. The number of anilines is 3. The van der Waals surface area contributed by atoms with E-state index in [1.165, 1.54) is 77.6 Å². The van der Waals surface area contributed by atoms with Crippen molar-refractivity contribution in [1.29, 1.82) is 0 Å². The SMILES string of the molecule is CCC1C=Cc2c(C3=c4cc(C5=CC[C@H](C6Nc7ccccc7N6c6ccccc6)CC5)ccc4=C(C4=CC=CC5C=CC=CC45)C4=CC=CCC43)cccc21. The Hall–Kier alpha value is -5.86. The van der Waals surface area contributed by atoms with Gasteiger partial charge in [0.05, 0.1) is 11.4 Å². The van der Waals surface area contributed by atoms with E-state index in [0.717, 1.165) is 32.1 Å². The molecule has 2 nitrogen and oxygen atoms in total. The van der Waals surface area contributed by atoms with E-state index in [1.54, 1.807) is 0 Å². The minimum atomic E-state index is 0.225. The van der Waals surface area contributed by atoms with Gasteiger partial charge in [-0.05, 0) is 123 Å². The Balaban J connectivity index is 1.05. The molecule has 7 aliphatic rings. The molecular weight excluding hydrogens is 677 g/mol. The highest BCUT2D eigenvalue weighted by Crippen LogP contribution is 2.48. The smallest absolute Gasteiger partial charge is 0.107 e. The lowest BCUT2D eigenvalue weighted by Crippen LogP contribution is -2.40. The van der Waals surface area contributed by atoms with Crippen LogP contribution in [0.3, 0.4) is 0 Å². The lowest BCUT2D eigenvalue weighted by atomic mass is 9.67. The summed E-state index contributed by atoms with van der Waals surface area (Å²) in [4.78, 5) is 2.53. The zero-order valence-corrected chi connectivity index (χ0v) is 32.1. The molecule has 0 saturated carbocycles. The molecule has 4 aromatic carbocycles. The molecule has 1 aliphatic heterocycles. The molecule has 0 spiro atoms. The molecule has 11 rings (SSSR count). The van der Waals surface area contributed by atoms with Crippen LogP contribution in [0.1, 0.15) is 67.2 Å². The molecule has 0 amide bonds. The average molecular weight is 725 g/mol. The number of nitrogens with zero attached hydrogens (tertiary/aromatic N) is 1. The molecule has 0 saturated heterocycles. The Morgan fingerprint density at radius 3 is 2.50 bits per heavy atom. The van der Waals surface area contributed by atoms with Crippen LogP contribution in [-0.2, 0) is 0 Å². The van der Waals surface area contributed by atoms with E-state index in [2.05, 4.69) is 187 Å². The highest BCUT2D eigenvalue weighted by Gasteiger charge is 2.38. The zero-order chi connectivity index (χ0) is 37.2. The van der Waals surface area contributed by atoms with Gasteiger partial charge in [-0.25, -0.2) is 0 Å². The highest BCUT2D eigenvalue weighted by atomic mass is 15.3. The van der Waals surface area contributed by atoms with Crippen molar-refractivity contribution >= 4 is 39.9 Å². The zero-order valence-electron chi connectivity index (χ0n) is 32.1. The fraction of sp³-hybridized carbons (Fsp3) is 0.222. The van der Waals surface area contributed by atoms with Crippen molar-refractivity contribution < 1.29 is 0 Å². The molecule has 1 N–H and O–H groups in total. The Morgan fingerprint density at radius 1 is 0.750 bits per heavy atom. The van der Waals surface area contributed by atoms with E-state index in [-0.39, 0.29) is 6.17 Å². The first-order chi connectivity index (χ1) is 27.7. The van der Waals surface area contributed by atoms with E-state index in [9.17, 15) is 0 Å². The predicted molar refractivity (Wildman–Crippen MR) is 236 cm³/mol. The summed E-state index contributed by atoms with van der Waals surface area (Å²) >= 11 is 0. The maximum atomic E-state index is 3.94. The van der Waals surface area contributed by atoms with Crippen molar-refractivity contribution in [3.8, 4) is 0 Å². The van der Waals surface area contributed by atoms with Crippen molar-refractivity contribution in [3.63, 3.8) is 0 Å². The summed E-state index contributed by atoms with van der Waals surface area (Å²) in [5.74, 6) is 2.03. The van der Waals surface area contributed by atoms with E-state index >= 15 is 0 Å². The lowest BCUT2D eigenvalue weighted by Gasteiger charge is -2.36. The second kappa shape index (κ2) is 13.7. The molecule has 5 unspecified atom stereocenters. The number of benzene rings is 4. The molecule has 56 heavy (non-hydrogen) atoms. The van der Waals surface area contributed by atoms with Crippen LogP contribution < -0.4 is 20.7 Å². The van der Waals surface area contributed by atoms with Gasteiger partial charge in [-0.1, -0.05) is 147 Å². The molecule has 274 valence electrons. The number of fused-ring (bicyclic) bond motifs is 5. The molecule has 6 aliphatic carbocycles. The largest absolute Gasteiger partial charge is 0.363 e. The van der Waals surface area contributed by atoms with E-state index in [1.807, 2.05) is 0 Å². The molecule has 0 radical (unpaired) electrons.